The second-order valence-corrected chi connectivity index (χ2v) is 4.03. The minimum absolute atomic E-state index is 0.334. The van der Waals surface area contributed by atoms with Gasteiger partial charge < -0.3 is 4.84 Å². The van der Waals surface area contributed by atoms with Gasteiger partial charge in [-0.15, -0.1) is 0 Å². The standard InChI is InChI=1S/C8H17NO/c1-8(2,3)7-5-4-6-10-9-7/h7,9H,4-6H2,1-3H3. The maximum Gasteiger partial charge on any atom is 0.0682 e. The predicted molar refractivity (Wildman–Crippen MR) is 41.6 cm³/mol. The summed E-state index contributed by atoms with van der Waals surface area (Å²) in [4.78, 5) is 5.16. The highest BCUT2D eigenvalue weighted by atomic mass is 16.6. The van der Waals surface area contributed by atoms with E-state index in [1.165, 1.54) is 12.8 Å². The van der Waals surface area contributed by atoms with Crippen molar-refractivity contribution < 1.29 is 4.84 Å². The van der Waals surface area contributed by atoms with E-state index in [0.717, 1.165) is 6.61 Å². The Hall–Kier alpha value is -0.0800. The second-order valence-electron chi connectivity index (χ2n) is 4.03. The van der Waals surface area contributed by atoms with Crippen LogP contribution < -0.4 is 5.48 Å². The fourth-order valence-electron chi connectivity index (χ4n) is 1.19. The minimum atomic E-state index is 0.334. The average Bonchev–Trinajstić information content (AvgIpc) is 1.88. The van der Waals surface area contributed by atoms with Crippen LogP contribution in [0.2, 0.25) is 0 Å². The molecule has 1 heterocycles. The van der Waals surface area contributed by atoms with Gasteiger partial charge in [-0.1, -0.05) is 20.8 Å². The summed E-state index contributed by atoms with van der Waals surface area (Å²) < 4.78 is 0. The normalized spacial score (nSPS) is 28.5. The minimum Gasteiger partial charge on any atom is -0.302 e. The van der Waals surface area contributed by atoms with Crippen molar-refractivity contribution in [1.29, 1.82) is 0 Å². The first-order chi connectivity index (χ1) is 4.61. The zero-order valence-corrected chi connectivity index (χ0v) is 7.11. The second kappa shape index (κ2) is 2.89. The summed E-state index contributed by atoms with van der Waals surface area (Å²) in [6.07, 6.45) is 2.43. The van der Waals surface area contributed by atoms with Crippen LogP contribution in [0.25, 0.3) is 0 Å². The summed E-state index contributed by atoms with van der Waals surface area (Å²) in [6, 6.07) is 0.529. The third-order valence-electron chi connectivity index (χ3n) is 2.01. The molecule has 10 heavy (non-hydrogen) atoms. The molecule has 1 unspecified atom stereocenters. The highest BCUT2D eigenvalue weighted by Crippen LogP contribution is 2.24. The van der Waals surface area contributed by atoms with E-state index in [1.807, 2.05) is 0 Å². The van der Waals surface area contributed by atoms with E-state index in [9.17, 15) is 0 Å². The number of hydroxylamine groups is 1. The molecule has 0 aromatic rings. The quantitative estimate of drug-likeness (QED) is 0.557. The van der Waals surface area contributed by atoms with E-state index in [1.54, 1.807) is 0 Å². The molecule has 0 amide bonds. The SMILES string of the molecule is CC(C)(C)C1CCCON1. The Labute approximate surface area is 62.9 Å². The third kappa shape index (κ3) is 1.96. The lowest BCUT2D eigenvalue weighted by atomic mass is 9.84. The predicted octanol–water partition coefficient (Wildman–Crippen LogP) is 1.72. The molecule has 1 N–H and O–H groups in total. The molecule has 1 aliphatic heterocycles. The molecule has 0 radical (unpaired) electrons. The molecular weight excluding hydrogens is 126 g/mol. The molecule has 1 aliphatic rings. The fraction of sp³-hybridized carbons (Fsp3) is 1.00. The molecule has 0 aromatic heterocycles. The van der Waals surface area contributed by atoms with Gasteiger partial charge in [0, 0.05) is 6.04 Å². The molecule has 1 saturated heterocycles. The molecule has 0 bridgehead atoms. The van der Waals surface area contributed by atoms with Crippen LogP contribution in [0.5, 0.6) is 0 Å². The van der Waals surface area contributed by atoms with Crippen molar-refractivity contribution in [2.24, 2.45) is 5.41 Å². The van der Waals surface area contributed by atoms with Gasteiger partial charge in [-0.3, -0.25) is 0 Å². The van der Waals surface area contributed by atoms with Crippen molar-refractivity contribution in [1.82, 2.24) is 5.48 Å². The van der Waals surface area contributed by atoms with Crippen molar-refractivity contribution in [3.05, 3.63) is 0 Å². The molecule has 60 valence electrons. The van der Waals surface area contributed by atoms with Gasteiger partial charge in [0.1, 0.15) is 0 Å². The van der Waals surface area contributed by atoms with Gasteiger partial charge in [-0.2, -0.15) is 5.48 Å². The van der Waals surface area contributed by atoms with Gasteiger partial charge in [-0.05, 0) is 18.3 Å². The number of rotatable bonds is 0. The molecule has 0 spiro atoms. The van der Waals surface area contributed by atoms with Crippen molar-refractivity contribution in [2.75, 3.05) is 6.61 Å². The van der Waals surface area contributed by atoms with E-state index >= 15 is 0 Å². The zero-order valence-electron chi connectivity index (χ0n) is 7.11. The lowest BCUT2D eigenvalue weighted by Crippen LogP contribution is -2.43. The smallest absolute Gasteiger partial charge is 0.0682 e. The first-order valence-corrected chi connectivity index (χ1v) is 3.98. The lowest BCUT2D eigenvalue weighted by molar-refractivity contribution is -0.0478. The van der Waals surface area contributed by atoms with E-state index in [-0.39, 0.29) is 0 Å². The Balaban J connectivity index is 2.39. The highest BCUT2D eigenvalue weighted by Gasteiger charge is 2.26. The van der Waals surface area contributed by atoms with Crippen molar-refractivity contribution in [3.63, 3.8) is 0 Å². The van der Waals surface area contributed by atoms with E-state index in [4.69, 9.17) is 4.84 Å². The molecule has 0 saturated carbocycles. The van der Waals surface area contributed by atoms with E-state index in [0.29, 0.717) is 11.5 Å². The monoisotopic (exact) mass is 143 g/mol. The number of hydrogen-bond acceptors (Lipinski definition) is 2. The van der Waals surface area contributed by atoms with Crippen LogP contribution in [0, 0.1) is 5.41 Å². The van der Waals surface area contributed by atoms with E-state index in [2.05, 4.69) is 26.3 Å². The Morgan fingerprint density at radius 2 is 2.10 bits per heavy atom. The fourth-order valence-corrected chi connectivity index (χ4v) is 1.19. The number of nitrogens with one attached hydrogen (secondary N) is 1. The van der Waals surface area contributed by atoms with Crippen molar-refractivity contribution >= 4 is 0 Å². The zero-order chi connectivity index (χ0) is 7.61. The molecule has 0 aromatic carbocycles. The largest absolute Gasteiger partial charge is 0.302 e. The summed E-state index contributed by atoms with van der Waals surface area (Å²) in [5.74, 6) is 0. The summed E-state index contributed by atoms with van der Waals surface area (Å²) in [7, 11) is 0. The average molecular weight is 143 g/mol. The van der Waals surface area contributed by atoms with Gasteiger partial charge in [0.15, 0.2) is 0 Å². The van der Waals surface area contributed by atoms with Gasteiger partial charge in [0.2, 0.25) is 0 Å². The van der Waals surface area contributed by atoms with Gasteiger partial charge in [0.05, 0.1) is 6.61 Å². The first-order valence-electron chi connectivity index (χ1n) is 3.98. The van der Waals surface area contributed by atoms with Crippen LogP contribution >= 0.6 is 0 Å². The van der Waals surface area contributed by atoms with Crippen LogP contribution in [-0.4, -0.2) is 12.6 Å². The van der Waals surface area contributed by atoms with E-state index < -0.39 is 0 Å². The highest BCUT2D eigenvalue weighted by molar-refractivity contribution is 4.79. The Morgan fingerprint density at radius 1 is 1.40 bits per heavy atom. The van der Waals surface area contributed by atoms with Crippen LogP contribution in [0.1, 0.15) is 33.6 Å². The van der Waals surface area contributed by atoms with Crippen LogP contribution in [0.4, 0.5) is 0 Å². The molecule has 2 nitrogen and oxygen atoms in total. The Kier molecular flexibility index (Phi) is 2.32. The van der Waals surface area contributed by atoms with Gasteiger partial charge in [0.25, 0.3) is 0 Å². The first kappa shape index (κ1) is 8.02. The molecular formula is C8H17NO. The molecule has 2 heteroatoms. The molecule has 0 aliphatic carbocycles. The van der Waals surface area contributed by atoms with Gasteiger partial charge >= 0.3 is 0 Å². The maximum absolute atomic E-state index is 5.16. The molecule has 1 rings (SSSR count). The topological polar surface area (TPSA) is 21.3 Å². The van der Waals surface area contributed by atoms with Crippen LogP contribution in [0.15, 0.2) is 0 Å². The lowest BCUT2D eigenvalue weighted by Gasteiger charge is -2.33. The number of hydrogen-bond donors (Lipinski definition) is 1. The van der Waals surface area contributed by atoms with Crippen LogP contribution in [-0.2, 0) is 4.84 Å². The molecule has 1 atom stereocenters. The summed E-state index contributed by atoms with van der Waals surface area (Å²) >= 11 is 0. The van der Waals surface area contributed by atoms with Gasteiger partial charge in [-0.25, -0.2) is 0 Å². The third-order valence-corrected chi connectivity index (χ3v) is 2.01. The van der Waals surface area contributed by atoms with Crippen molar-refractivity contribution in [3.8, 4) is 0 Å². The molecule has 1 fully saturated rings. The summed E-state index contributed by atoms with van der Waals surface area (Å²) in [5, 5.41) is 0. The summed E-state index contributed by atoms with van der Waals surface area (Å²) in [5.41, 5.74) is 3.39. The van der Waals surface area contributed by atoms with Crippen LogP contribution in [0.3, 0.4) is 0 Å². The Bertz CT molecular complexity index is 100. The maximum atomic E-state index is 5.16. The van der Waals surface area contributed by atoms with Crippen molar-refractivity contribution in [2.45, 2.75) is 39.7 Å². The summed E-state index contributed by atoms with van der Waals surface area (Å²) in [6.45, 7) is 7.57. The Morgan fingerprint density at radius 3 is 2.40 bits per heavy atom.